The lowest BCUT2D eigenvalue weighted by molar-refractivity contribution is 0.0691. The Morgan fingerprint density at radius 3 is 2.83 bits per heavy atom. The van der Waals surface area contributed by atoms with Crippen LogP contribution in [0.2, 0.25) is 0 Å². The van der Waals surface area contributed by atoms with Gasteiger partial charge < -0.3 is 20.5 Å². The first-order chi connectivity index (χ1) is 8.75. The zero-order valence-corrected chi connectivity index (χ0v) is 11.1. The number of hydrogen-bond donors (Lipinski definition) is 2. The van der Waals surface area contributed by atoms with Gasteiger partial charge in [0, 0.05) is 25.8 Å². The zero-order chi connectivity index (χ0) is 13.2. The van der Waals surface area contributed by atoms with Crippen molar-refractivity contribution in [1.82, 2.24) is 9.97 Å². The van der Waals surface area contributed by atoms with E-state index < -0.39 is 0 Å². The van der Waals surface area contributed by atoms with Gasteiger partial charge in [0.25, 0.3) is 0 Å². The van der Waals surface area contributed by atoms with Gasteiger partial charge in [-0.1, -0.05) is 0 Å². The number of nitrogens with two attached hydrogens (primary N) is 1. The summed E-state index contributed by atoms with van der Waals surface area (Å²) in [5, 5.41) is 3.24. The van der Waals surface area contributed by atoms with Crippen molar-refractivity contribution in [2.45, 2.75) is 19.8 Å². The van der Waals surface area contributed by atoms with Crippen LogP contribution in [-0.4, -0.2) is 43.4 Å². The highest BCUT2D eigenvalue weighted by Gasteiger charge is 2.02. The average molecular weight is 254 g/mol. The second-order valence-corrected chi connectivity index (χ2v) is 3.97. The third-order valence-electron chi connectivity index (χ3n) is 2.56. The Hall–Kier alpha value is -1.40. The lowest BCUT2D eigenvalue weighted by atomic mass is 10.3. The summed E-state index contributed by atoms with van der Waals surface area (Å²) < 4.78 is 10.3. The first-order valence-electron chi connectivity index (χ1n) is 6.13. The molecule has 0 saturated carbocycles. The van der Waals surface area contributed by atoms with E-state index in [1.165, 1.54) is 6.33 Å². The predicted molar refractivity (Wildman–Crippen MR) is 71.6 cm³/mol. The van der Waals surface area contributed by atoms with Gasteiger partial charge in [-0.05, 0) is 19.8 Å². The summed E-state index contributed by atoms with van der Waals surface area (Å²) in [5.74, 6) is 1.33. The second kappa shape index (κ2) is 8.66. The average Bonchev–Trinajstić information content (AvgIpc) is 2.37. The number of anilines is 2. The lowest BCUT2D eigenvalue weighted by Crippen LogP contribution is -2.09. The van der Waals surface area contributed by atoms with Crippen molar-refractivity contribution in [2.24, 2.45) is 0 Å². The van der Waals surface area contributed by atoms with Crippen LogP contribution in [0.25, 0.3) is 0 Å². The van der Waals surface area contributed by atoms with E-state index in [0.717, 1.165) is 37.4 Å². The standard InChI is InChI=1S/C12H22N4O2/c1-10-11(13)15-9-16-12(10)14-5-3-4-6-18-8-7-17-2/h9H,3-8H2,1-2H3,(H3,13,14,15,16). The normalized spacial score (nSPS) is 10.6. The Morgan fingerprint density at radius 1 is 1.22 bits per heavy atom. The highest BCUT2D eigenvalue weighted by atomic mass is 16.5. The maximum Gasteiger partial charge on any atom is 0.134 e. The highest BCUT2D eigenvalue weighted by molar-refractivity contribution is 5.53. The minimum absolute atomic E-state index is 0.524. The van der Waals surface area contributed by atoms with Gasteiger partial charge in [0.1, 0.15) is 18.0 Å². The third kappa shape index (κ3) is 5.29. The third-order valence-corrected chi connectivity index (χ3v) is 2.56. The van der Waals surface area contributed by atoms with E-state index in [9.17, 15) is 0 Å². The van der Waals surface area contributed by atoms with Gasteiger partial charge in [-0.3, -0.25) is 0 Å². The van der Waals surface area contributed by atoms with Crippen molar-refractivity contribution in [3.8, 4) is 0 Å². The molecule has 0 saturated heterocycles. The number of unbranched alkanes of at least 4 members (excludes halogenated alkanes) is 1. The summed E-state index contributed by atoms with van der Waals surface area (Å²) in [6, 6.07) is 0. The Bertz CT molecular complexity index is 347. The molecule has 1 aromatic heterocycles. The molecule has 0 unspecified atom stereocenters. The SMILES string of the molecule is COCCOCCCCNc1ncnc(N)c1C. The van der Waals surface area contributed by atoms with Gasteiger partial charge in [-0.25, -0.2) is 9.97 Å². The second-order valence-electron chi connectivity index (χ2n) is 3.97. The van der Waals surface area contributed by atoms with Gasteiger partial charge >= 0.3 is 0 Å². The molecule has 3 N–H and O–H groups in total. The van der Waals surface area contributed by atoms with E-state index in [4.69, 9.17) is 15.2 Å². The smallest absolute Gasteiger partial charge is 0.134 e. The zero-order valence-electron chi connectivity index (χ0n) is 11.1. The number of nitrogen functional groups attached to an aromatic ring is 1. The van der Waals surface area contributed by atoms with Crippen LogP contribution in [0.5, 0.6) is 0 Å². The molecule has 102 valence electrons. The van der Waals surface area contributed by atoms with Crippen LogP contribution < -0.4 is 11.1 Å². The summed E-state index contributed by atoms with van der Waals surface area (Å²) in [6.07, 6.45) is 3.51. The van der Waals surface area contributed by atoms with Crippen molar-refractivity contribution < 1.29 is 9.47 Å². The fraction of sp³-hybridized carbons (Fsp3) is 0.667. The molecule has 0 aliphatic heterocycles. The highest BCUT2D eigenvalue weighted by Crippen LogP contribution is 2.14. The summed E-state index contributed by atoms with van der Waals surface area (Å²) in [7, 11) is 1.67. The molecule has 0 amide bonds. The van der Waals surface area contributed by atoms with Crippen LogP contribution in [0.1, 0.15) is 18.4 Å². The Balaban J connectivity index is 2.09. The molecule has 0 radical (unpaired) electrons. The number of nitrogens with one attached hydrogen (secondary N) is 1. The number of ether oxygens (including phenoxy) is 2. The van der Waals surface area contributed by atoms with Gasteiger partial charge in [0.15, 0.2) is 0 Å². The fourth-order valence-corrected chi connectivity index (χ4v) is 1.42. The molecule has 0 spiro atoms. The van der Waals surface area contributed by atoms with E-state index in [-0.39, 0.29) is 0 Å². The number of rotatable bonds is 9. The van der Waals surface area contributed by atoms with Crippen LogP contribution in [0.15, 0.2) is 6.33 Å². The van der Waals surface area contributed by atoms with E-state index in [1.807, 2.05) is 6.92 Å². The first-order valence-corrected chi connectivity index (χ1v) is 6.13. The summed E-state index contributed by atoms with van der Waals surface area (Å²) in [4.78, 5) is 8.07. The van der Waals surface area contributed by atoms with Crippen LogP contribution in [0.4, 0.5) is 11.6 Å². The molecule has 18 heavy (non-hydrogen) atoms. The molecule has 0 aliphatic rings. The maximum absolute atomic E-state index is 5.70. The quantitative estimate of drug-likeness (QED) is 0.645. The number of nitrogens with zero attached hydrogens (tertiary/aromatic N) is 2. The molecular weight excluding hydrogens is 232 g/mol. The molecule has 0 bridgehead atoms. The first kappa shape index (κ1) is 14.7. The van der Waals surface area contributed by atoms with Crippen molar-refractivity contribution in [2.75, 3.05) is 44.5 Å². The minimum atomic E-state index is 0.524. The van der Waals surface area contributed by atoms with Gasteiger partial charge in [-0.2, -0.15) is 0 Å². The van der Waals surface area contributed by atoms with Crippen molar-refractivity contribution in [1.29, 1.82) is 0 Å². The Labute approximate surface area is 108 Å². The Morgan fingerprint density at radius 2 is 2.06 bits per heavy atom. The molecule has 0 aliphatic carbocycles. The van der Waals surface area contributed by atoms with E-state index in [2.05, 4.69) is 15.3 Å². The molecule has 1 heterocycles. The van der Waals surface area contributed by atoms with Gasteiger partial charge in [0.05, 0.1) is 13.2 Å². The lowest BCUT2D eigenvalue weighted by Gasteiger charge is -2.09. The van der Waals surface area contributed by atoms with Crippen molar-refractivity contribution >= 4 is 11.6 Å². The van der Waals surface area contributed by atoms with Crippen LogP contribution in [0, 0.1) is 6.92 Å². The van der Waals surface area contributed by atoms with Gasteiger partial charge in [-0.15, -0.1) is 0 Å². The van der Waals surface area contributed by atoms with Crippen LogP contribution in [-0.2, 0) is 9.47 Å². The van der Waals surface area contributed by atoms with E-state index >= 15 is 0 Å². The van der Waals surface area contributed by atoms with Crippen LogP contribution in [0.3, 0.4) is 0 Å². The monoisotopic (exact) mass is 254 g/mol. The largest absolute Gasteiger partial charge is 0.383 e. The Kier molecular flexibility index (Phi) is 7.05. The fourth-order valence-electron chi connectivity index (χ4n) is 1.42. The predicted octanol–water partition coefficient (Wildman–Crippen LogP) is 1.22. The van der Waals surface area contributed by atoms with E-state index in [0.29, 0.717) is 19.0 Å². The van der Waals surface area contributed by atoms with Crippen molar-refractivity contribution in [3.05, 3.63) is 11.9 Å². The van der Waals surface area contributed by atoms with Gasteiger partial charge in [0.2, 0.25) is 0 Å². The minimum Gasteiger partial charge on any atom is -0.383 e. The molecule has 0 atom stereocenters. The summed E-state index contributed by atoms with van der Waals surface area (Å²) in [5.41, 5.74) is 6.59. The summed E-state index contributed by atoms with van der Waals surface area (Å²) in [6.45, 7) is 4.83. The molecule has 6 nitrogen and oxygen atoms in total. The molecule has 0 aromatic carbocycles. The molecule has 6 heteroatoms. The molecule has 0 fully saturated rings. The summed E-state index contributed by atoms with van der Waals surface area (Å²) >= 11 is 0. The molecule has 1 aromatic rings. The molecular formula is C12H22N4O2. The van der Waals surface area contributed by atoms with Crippen LogP contribution >= 0.6 is 0 Å². The number of methoxy groups -OCH3 is 1. The number of hydrogen-bond acceptors (Lipinski definition) is 6. The number of aromatic nitrogens is 2. The van der Waals surface area contributed by atoms with E-state index in [1.54, 1.807) is 7.11 Å². The maximum atomic E-state index is 5.70. The molecule has 1 rings (SSSR count). The topological polar surface area (TPSA) is 82.3 Å². The van der Waals surface area contributed by atoms with Crippen molar-refractivity contribution in [3.63, 3.8) is 0 Å².